The average Bonchev–Trinajstić information content (AvgIpc) is 3.24. The van der Waals surface area contributed by atoms with Crippen molar-refractivity contribution in [3.8, 4) is 5.95 Å². The zero-order valence-electron chi connectivity index (χ0n) is 16.5. The Kier molecular flexibility index (Phi) is 6.58. The Morgan fingerprint density at radius 1 is 1.19 bits per heavy atom. The molecule has 1 aromatic carbocycles. The molecule has 10 nitrogen and oxygen atoms in total. The van der Waals surface area contributed by atoms with Gasteiger partial charge in [0, 0.05) is 12.4 Å². The van der Waals surface area contributed by atoms with E-state index in [1.54, 1.807) is 6.07 Å². The van der Waals surface area contributed by atoms with Gasteiger partial charge in [-0.3, -0.25) is 0 Å². The summed E-state index contributed by atoms with van der Waals surface area (Å²) in [5.74, 6) is -0.542. The summed E-state index contributed by atoms with van der Waals surface area (Å²) in [6, 6.07) is 1.13. The van der Waals surface area contributed by atoms with Gasteiger partial charge >= 0.3 is 18.2 Å². The number of carbonyl (C=O) groups is 2. The van der Waals surface area contributed by atoms with E-state index >= 15 is 0 Å². The third-order valence-electron chi connectivity index (χ3n) is 4.12. The first kappa shape index (κ1) is 22.9. The number of benzene rings is 1. The number of rotatable bonds is 5. The lowest BCUT2D eigenvalue weighted by Crippen LogP contribution is -2.33. The van der Waals surface area contributed by atoms with E-state index in [4.69, 9.17) is 11.6 Å². The number of methoxy groups -OCH3 is 1. The molecule has 32 heavy (non-hydrogen) atoms. The van der Waals surface area contributed by atoms with Crippen molar-refractivity contribution in [2.45, 2.75) is 19.1 Å². The fraction of sp³-hybridized carbons (Fsp3) is 0.222. The summed E-state index contributed by atoms with van der Waals surface area (Å²) in [6.45, 7) is 1.54. The van der Waals surface area contributed by atoms with Crippen LogP contribution in [0, 0.1) is 0 Å². The SMILES string of the molecule is COC(=O)c1cc(NC(=O)N[C@@H](C)c2ncnn2-c2ncccn2)c(C(F)(F)F)cc1Cl. The molecule has 2 amide bonds. The molecule has 1 atom stereocenters. The highest BCUT2D eigenvalue weighted by Gasteiger charge is 2.36. The van der Waals surface area contributed by atoms with Crippen molar-refractivity contribution >= 4 is 29.3 Å². The van der Waals surface area contributed by atoms with Crippen LogP contribution in [0.3, 0.4) is 0 Å². The van der Waals surface area contributed by atoms with Gasteiger partial charge in [0.05, 0.1) is 35.0 Å². The van der Waals surface area contributed by atoms with Gasteiger partial charge in [-0.05, 0) is 25.1 Å². The molecule has 0 radical (unpaired) electrons. The Morgan fingerprint density at radius 3 is 2.50 bits per heavy atom. The first-order valence-corrected chi connectivity index (χ1v) is 9.23. The number of urea groups is 1. The van der Waals surface area contributed by atoms with Crippen LogP contribution in [0.25, 0.3) is 5.95 Å². The lowest BCUT2D eigenvalue weighted by atomic mass is 10.1. The molecule has 3 rings (SSSR count). The predicted molar refractivity (Wildman–Crippen MR) is 105 cm³/mol. The van der Waals surface area contributed by atoms with Crippen LogP contribution in [0.5, 0.6) is 0 Å². The van der Waals surface area contributed by atoms with E-state index in [2.05, 4.69) is 35.4 Å². The molecule has 0 unspecified atom stereocenters. The number of alkyl halides is 3. The molecule has 0 aliphatic heterocycles. The van der Waals surface area contributed by atoms with Gasteiger partial charge in [0.2, 0.25) is 0 Å². The molecule has 2 N–H and O–H groups in total. The molecule has 0 aliphatic rings. The molecule has 0 bridgehead atoms. The van der Waals surface area contributed by atoms with E-state index in [-0.39, 0.29) is 17.3 Å². The monoisotopic (exact) mass is 469 g/mol. The van der Waals surface area contributed by atoms with Crippen LogP contribution in [0.15, 0.2) is 36.9 Å². The van der Waals surface area contributed by atoms with E-state index in [1.165, 1.54) is 30.3 Å². The molecule has 2 heterocycles. The van der Waals surface area contributed by atoms with Gasteiger partial charge in [0.25, 0.3) is 5.95 Å². The van der Waals surface area contributed by atoms with Crippen molar-refractivity contribution in [1.82, 2.24) is 30.0 Å². The van der Waals surface area contributed by atoms with Gasteiger partial charge in [0.1, 0.15) is 6.33 Å². The van der Waals surface area contributed by atoms with Crippen LogP contribution in [0.4, 0.5) is 23.7 Å². The summed E-state index contributed by atoms with van der Waals surface area (Å²) < 4.78 is 46.1. The molecule has 0 spiro atoms. The number of hydrogen-bond acceptors (Lipinski definition) is 7. The van der Waals surface area contributed by atoms with E-state index < -0.39 is 40.5 Å². The molecular weight excluding hydrogens is 455 g/mol. The molecule has 2 aromatic heterocycles. The van der Waals surface area contributed by atoms with Crippen LogP contribution in [-0.2, 0) is 10.9 Å². The second-order valence-electron chi connectivity index (χ2n) is 6.27. The van der Waals surface area contributed by atoms with Gasteiger partial charge in [-0.2, -0.15) is 23.0 Å². The Balaban J connectivity index is 1.85. The Morgan fingerprint density at radius 2 is 1.88 bits per heavy atom. The zero-order chi connectivity index (χ0) is 23.5. The number of anilines is 1. The minimum Gasteiger partial charge on any atom is -0.465 e. The molecule has 3 aromatic rings. The number of ether oxygens (including phenoxy) is 1. The Hall–Kier alpha value is -3.74. The van der Waals surface area contributed by atoms with Crippen molar-refractivity contribution in [2.75, 3.05) is 12.4 Å². The summed E-state index contributed by atoms with van der Waals surface area (Å²) in [5.41, 5.74) is -2.26. The Labute approximate surface area is 183 Å². The highest BCUT2D eigenvalue weighted by atomic mass is 35.5. The minimum absolute atomic E-state index is 0.189. The summed E-state index contributed by atoms with van der Waals surface area (Å²) in [7, 11) is 1.05. The topological polar surface area (TPSA) is 124 Å². The number of halogens is 4. The normalized spacial score (nSPS) is 12.2. The van der Waals surface area contributed by atoms with Gasteiger partial charge in [-0.15, -0.1) is 0 Å². The molecule has 14 heteroatoms. The van der Waals surface area contributed by atoms with E-state index in [9.17, 15) is 22.8 Å². The first-order valence-electron chi connectivity index (χ1n) is 8.85. The fourth-order valence-electron chi connectivity index (χ4n) is 2.70. The molecule has 168 valence electrons. The van der Waals surface area contributed by atoms with Gasteiger partial charge in [-0.25, -0.2) is 24.5 Å². The molecular formula is C18H15ClF3N7O3. The number of amides is 2. The van der Waals surface area contributed by atoms with E-state index in [0.29, 0.717) is 6.07 Å². The summed E-state index contributed by atoms with van der Waals surface area (Å²) in [6.07, 6.45) is -0.671. The van der Waals surface area contributed by atoms with Crippen molar-refractivity contribution in [2.24, 2.45) is 0 Å². The number of nitrogens with one attached hydrogen (secondary N) is 2. The van der Waals surface area contributed by atoms with Crippen molar-refractivity contribution < 1.29 is 27.5 Å². The standard InChI is InChI=1S/C18H15ClF3N7O3/c1-9(14-25-8-26-29(14)16-23-4-3-5-24-16)27-17(31)28-13-6-10(15(30)32-2)12(19)7-11(13)18(20,21)22/h3-9H,1-2H3,(H2,27,28,31)/t9-/m0/s1. The maximum atomic E-state index is 13.4. The van der Waals surface area contributed by atoms with Gasteiger partial charge in [0.15, 0.2) is 5.82 Å². The van der Waals surface area contributed by atoms with Crippen LogP contribution < -0.4 is 10.6 Å². The molecule has 0 aliphatic carbocycles. The van der Waals surface area contributed by atoms with Gasteiger partial charge in [-0.1, -0.05) is 11.6 Å². The fourth-order valence-corrected chi connectivity index (χ4v) is 2.94. The van der Waals surface area contributed by atoms with Crippen LogP contribution >= 0.6 is 11.6 Å². The van der Waals surface area contributed by atoms with Crippen LogP contribution in [-0.4, -0.2) is 43.8 Å². The predicted octanol–water partition coefficient (Wildman–Crippen LogP) is 3.40. The third-order valence-corrected chi connectivity index (χ3v) is 4.43. The smallest absolute Gasteiger partial charge is 0.418 e. The zero-order valence-corrected chi connectivity index (χ0v) is 17.3. The van der Waals surface area contributed by atoms with E-state index in [0.717, 1.165) is 13.2 Å². The lowest BCUT2D eigenvalue weighted by molar-refractivity contribution is -0.136. The molecule has 0 fully saturated rings. The highest BCUT2D eigenvalue weighted by Crippen LogP contribution is 2.38. The van der Waals surface area contributed by atoms with Gasteiger partial charge < -0.3 is 15.4 Å². The molecule has 0 saturated carbocycles. The second kappa shape index (κ2) is 9.18. The first-order chi connectivity index (χ1) is 15.1. The van der Waals surface area contributed by atoms with Crippen LogP contribution in [0.1, 0.15) is 34.7 Å². The maximum Gasteiger partial charge on any atom is 0.418 e. The number of nitrogens with zero attached hydrogens (tertiary/aromatic N) is 5. The largest absolute Gasteiger partial charge is 0.465 e. The van der Waals surface area contributed by atoms with Crippen LogP contribution in [0.2, 0.25) is 5.02 Å². The Bertz CT molecular complexity index is 1140. The minimum atomic E-state index is -4.85. The average molecular weight is 470 g/mol. The number of carbonyl (C=O) groups excluding carboxylic acids is 2. The number of esters is 1. The lowest BCUT2D eigenvalue weighted by Gasteiger charge is -2.18. The summed E-state index contributed by atoms with van der Waals surface area (Å²) >= 11 is 5.79. The number of aromatic nitrogens is 5. The third kappa shape index (κ3) is 4.94. The summed E-state index contributed by atoms with van der Waals surface area (Å²) in [5, 5.41) is 8.06. The summed E-state index contributed by atoms with van der Waals surface area (Å²) in [4.78, 5) is 36.4. The van der Waals surface area contributed by atoms with Crippen molar-refractivity contribution in [1.29, 1.82) is 0 Å². The second-order valence-corrected chi connectivity index (χ2v) is 6.67. The number of hydrogen-bond donors (Lipinski definition) is 2. The quantitative estimate of drug-likeness (QED) is 0.549. The highest BCUT2D eigenvalue weighted by molar-refractivity contribution is 6.33. The van der Waals surface area contributed by atoms with Crippen molar-refractivity contribution in [3.63, 3.8) is 0 Å². The maximum absolute atomic E-state index is 13.4. The van der Waals surface area contributed by atoms with Crippen molar-refractivity contribution in [3.05, 3.63) is 58.9 Å². The molecule has 0 saturated heterocycles. The van der Waals surface area contributed by atoms with E-state index in [1.807, 2.05) is 0 Å².